The van der Waals surface area contributed by atoms with Crippen LogP contribution >= 0.6 is 11.6 Å². The predicted octanol–water partition coefficient (Wildman–Crippen LogP) is 1.73. The van der Waals surface area contributed by atoms with Crippen molar-refractivity contribution in [3.63, 3.8) is 0 Å². The fourth-order valence-electron chi connectivity index (χ4n) is 3.35. The molecule has 0 bridgehead atoms. The number of aliphatic hydroxyl groups is 1. The molecule has 1 aliphatic rings. The van der Waals surface area contributed by atoms with Crippen molar-refractivity contribution in [3.05, 3.63) is 34.9 Å². The van der Waals surface area contributed by atoms with Crippen molar-refractivity contribution in [2.75, 3.05) is 14.2 Å². The lowest BCUT2D eigenvalue weighted by molar-refractivity contribution is -0.170. The zero-order valence-corrected chi connectivity index (χ0v) is 14.4. The van der Waals surface area contributed by atoms with E-state index < -0.39 is 41.1 Å². The van der Waals surface area contributed by atoms with Crippen molar-refractivity contribution >= 4 is 29.3 Å². The molecule has 1 saturated carbocycles. The van der Waals surface area contributed by atoms with E-state index in [1.54, 1.807) is 24.3 Å². The zero-order chi connectivity index (χ0) is 18.1. The summed E-state index contributed by atoms with van der Waals surface area (Å²) in [5, 5.41) is 11.1. The van der Waals surface area contributed by atoms with Gasteiger partial charge in [0.1, 0.15) is 5.92 Å². The Bertz CT molecular complexity index is 652. The summed E-state index contributed by atoms with van der Waals surface area (Å²) in [6, 6.07) is 6.42. The number of rotatable bonds is 3. The van der Waals surface area contributed by atoms with E-state index in [1.807, 2.05) is 0 Å². The Morgan fingerprint density at radius 2 is 1.71 bits per heavy atom. The number of esters is 2. The molecule has 4 unspecified atom stereocenters. The van der Waals surface area contributed by atoms with Crippen LogP contribution in [-0.2, 0) is 23.9 Å². The van der Waals surface area contributed by atoms with Crippen molar-refractivity contribution in [2.24, 2.45) is 11.8 Å². The maximum absolute atomic E-state index is 12.5. The van der Waals surface area contributed by atoms with Gasteiger partial charge in [-0.1, -0.05) is 23.7 Å². The third-order valence-corrected chi connectivity index (χ3v) is 4.68. The number of Topliss-reactive ketones (excluding diaryl/α,β-unsaturated/α-hetero) is 1. The molecule has 1 N–H and O–H groups in total. The van der Waals surface area contributed by atoms with Crippen LogP contribution in [0.4, 0.5) is 0 Å². The number of benzene rings is 1. The van der Waals surface area contributed by atoms with Gasteiger partial charge in [0, 0.05) is 17.4 Å². The van der Waals surface area contributed by atoms with Gasteiger partial charge in [-0.3, -0.25) is 14.4 Å². The van der Waals surface area contributed by atoms with Crippen molar-refractivity contribution in [3.8, 4) is 0 Å². The smallest absolute Gasteiger partial charge is 0.316 e. The summed E-state index contributed by atoms with van der Waals surface area (Å²) in [6.45, 7) is 1.39. The second-order valence-corrected chi connectivity index (χ2v) is 6.52. The summed E-state index contributed by atoms with van der Waals surface area (Å²) >= 11 is 5.89. The molecule has 0 spiro atoms. The number of ether oxygens (including phenoxy) is 2. The Labute approximate surface area is 144 Å². The molecule has 0 heterocycles. The second-order valence-electron chi connectivity index (χ2n) is 6.08. The van der Waals surface area contributed by atoms with E-state index in [0.717, 1.165) is 0 Å². The largest absolute Gasteiger partial charge is 0.469 e. The molecule has 0 amide bonds. The Morgan fingerprint density at radius 3 is 2.21 bits per heavy atom. The van der Waals surface area contributed by atoms with Crippen LogP contribution in [0.2, 0.25) is 5.02 Å². The molecule has 0 saturated heterocycles. The van der Waals surface area contributed by atoms with E-state index in [9.17, 15) is 19.5 Å². The lowest BCUT2D eigenvalue weighted by Crippen LogP contribution is -2.55. The summed E-state index contributed by atoms with van der Waals surface area (Å²) in [6.07, 6.45) is -0.337. The van der Waals surface area contributed by atoms with E-state index in [1.165, 1.54) is 21.1 Å². The molecule has 0 aliphatic heterocycles. The first-order valence-corrected chi connectivity index (χ1v) is 7.77. The number of carbonyl (C=O) groups excluding carboxylic acids is 3. The van der Waals surface area contributed by atoms with E-state index in [2.05, 4.69) is 0 Å². The molecule has 0 aromatic heterocycles. The minimum absolute atomic E-state index is 0.337. The molecular formula is C17H19ClO6. The zero-order valence-electron chi connectivity index (χ0n) is 13.6. The summed E-state index contributed by atoms with van der Waals surface area (Å²) in [4.78, 5) is 37.0. The Balaban J connectivity index is 2.63. The van der Waals surface area contributed by atoms with E-state index in [0.29, 0.717) is 10.6 Å². The van der Waals surface area contributed by atoms with Crippen LogP contribution in [0.25, 0.3) is 0 Å². The number of hydrogen-bond donors (Lipinski definition) is 1. The summed E-state index contributed by atoms with van der Waals surface area (Å²) in [5.41, 5.74) is -1.11. The highest BCUT2D eigenvalue weighted by molar-refractivity contribution is 6.30. The van der Waals surface area contributed by atoms with Gasteiger partial charge in [0.2, 0.25) is 0 Å². The normalized spacial score (nSPS) is 29.9. The molecule has 0 radical (unpaired) electrons. The SMILES string of the molecule is COC(=O)C1C(=O)CC(C)(O)C(C(=O)OC)C1c1ccc(Cl)cc1. The van der Waals surface area contributed by atoms with Gasteiger partial charge in [-0.2, -0.15) is 0 Å². The van der Waals surface area contributed by atoms with E-state index in [4.69, 9.17) is 21.1 Å². The van der Waals surface area contributed by atoms with Gasteiger partial charge in [-0.25, -0.2) is 0 Å². The fraction of sp³-hybridized carbons (Fsp3) is 0.471. The number of carbonyl (C=O) groups is 3. The Hall–Kier alpha value is -1.92. The van der Waals surface area contributed by atoms with Gasteiger partial charge >= 0.3 is 11.9 Å². The van der Waals surface area contributed by atoms with Crippen LogP contribution in [-0.4, -0.2) is 42.6 Å². The van der Waals surface area contributed by atoms with Crippen LogP contribution < -0.4 is 0 Å². The molecular weight excluding hydrogens is 336 g/mol. The number of hydrogen-bond acceptors (Lipinski definition) is 6. The second kappa shape index (κ2) is 6.91. The fourth-order valence-corrected chi connectivity index (χ4v) is 3.48. The predicted molar refractivity (Wildman–Crippen MR) is 85.5 cm³/mol. The molecule has 2 rings (SSSR count). The minimum atomic E-state index is -1.64. The van der Waals surface area contributed by atoms with Crippen LogP contribution in [0.15, 0.2) is 24.3 Å². The monoisotopic (exact) mass is 354 g/mol. The van der Waals surface area contributed by atoms with Crippen molar-refractivity contribution in [2.45, 2.75) is 24.9 Å². The first-order valence-electron chi connectivity index (χ1n) is 7.39. The van der Waals surface area contributed by atoms with Gasteiger partial charge in [0.05, 0.1) is 25.7 Å². The molecule has 24 heavy (non-hydrogen) atoms. The van der Waals surface area contributed by atoms with Crippen LogP contribution in [0.3, 0.4) is 0 Å². The van der Waals surface area contributed by atoms with Gasteiger partial charge in [0.25, 0.3) is 0 Å². The van der Waals surface area contributed by atoms with E-state index >= 15 is 0 Å². The van der Waals surface area contributed by atoms with E-state index in [-0.39, 0.29) is 6.42 Å². The highest BCUT2D eigenvalue weighted by Crippen LogP contribution is 2.46. The van der Waals surface area contributed by atoms with Crippen LogP contribution in [0.1, 0.15) is 24.8 Å². The molecule has 1 aromatic rings. The molecule has 7 heteroatoms. The first kappa shape index (κ1) is 18.4. The maximum Gasteiger partial charge on any atom is 0.316 e. The summed E-state index contributed by atoms with van der Waals surface area (Å²) < 4.78 is 9.56. The first-order chi connectivity index (χ1) is 11.2. The Kier molecular flexibility index (Phi) is 5.30. The third-order valence-electron chi connectivity index (χ3n) is 4.43. The summed E-state index contributed by atoms with van der Waals surface area (Å²) in [5.74, 6) is -5.11. The van der Waals surface area contributed by atoms with Gasteiger partial charge in [-0.15, -0.1) is 0 Å². The highest BCUT2D eigenvalue weighted by atomic mass is 35.5. The summed E-state index contributed by atoms with van der Waals surface area (Å²) in [7, 11) is 2.37. The highest BCUT2D eigenvalue weighted by Gasteiger charge is 2.56. The van der Waals surface area contributed by atoms with Gasteiger partial charge in [-0.05, 0) is 24.6 Å². The number of methoxy groups -OCH3 is 2. The molecule has 1 fully saturated rings. The average molecular weight is 355 g/mol. The van der Waals surface area contributed by atoms with Crippen LogP contribution in [0, 0.1) is 11.8 Å². The maximum atomic E-state index is 12.5. The van der Waals surface area contributed by atoms with Gasteiger partial charge < -0.3 is 14.6 Å². The lowest BCUT2D eigenvalue weighted by atomic mass is 9.62. The Morgan fingerprint density at radius 1 is 1.17 bits per heavy atom. The number of ketones is 1. The van der Waals surface area contributed by atoms with Crippen molar-refractivity contribution in [1.82, 2.24) is 0 Å². The average Bonchev–Trinajstić information content (AvgIpc) is 2.53. The molecule has 1 aliphatic carbocycles. The quantitative estimate of drug-likeness (QED) is 0.656. The molecule has 4 atom stereocenters. The minimum Gasteiger partial charge on any atom is -0.469 e. The van der Waals surface area contributed by atoms with Gasteiger partial charge in [0.15, 0.2) is 5.78 Å². The molecule has 130 valence electrons. The number of halogens is 1. The molecule has 1 aromatic carbocycles. The lowest BCUT2D eigenvalue weighted by Gasteiger charge is -2.43. The van der Waals surface area contributed by atoms with Crippen molar-refractivity contribution in [1.29, 1.82) is 0 Å². The standard InChI is InChI=1S/C17H19ClO6/c1-17(22)8-11(19)13(15(20)23-2)12(14(17)16(21)24-3)9-4-6-10(18)7-5-9/h4-7,12-14,22H,8H2,1-3H3. The van der Waals surface area contributed by atoms with Crippen molar-refractivity contribution < 1.29 is 29.0 Å². The third kappa shape index (κ3) is 3.30. The molecule has 6 nitrogen and oxygen atoms in total. The topological polar surface area (TPSA) is 89.9 Å². The van der Waals surface area contributed by atoms with Crippen LogP contribution in [0.5, 0.6) is 0 Å².